The highest BCUT2D eigenvalue weighted by Gasteiger charge is 2.50. The van der Waals surface area contributed by atoms with E-state index < -0.39 is 28.5 Å². The van der Waals surface area contributed by atoms with Gasteiger partial charge in [0.2, 0.25) is 5.91 Å². The first kappa shape index (κ1) is 15.2. The molecule has 2 N–H and O–H groups in total. The number of rotatable bonds is 4. The van der Waals surface area contributed by atoms with Gasteiger partial charge in [-0.3, -0.25) is 9.35 Å². The van der Waals surface area contributed by atoms with Crippen LogP contribution >= 0.6 is 11.3 Å². The van der Waals surface area contributed by atoms with Crippen molar-refractivity contribution in [1.29, 1.82) is 0 Å². The standard InChI is InChI=1S/C11H13N3O6S2/c1-6(15)12-4-8-10-7(2-3-21-10)9-5-13(8)11(16)14(9)20-22(17,18)19/h2-3,8-9H,4-5H2,1H3,(H,12,15)(H,17,18,19)/t8-,9-/m1/s1. The Bertz CT molecular complexity index is 730. The Morgan fingerprint density at radius 2 is 2.32 bits per heavy atom. The van der Waals surface area contributed by atoms with Gasteiger partial charge in [0.25, 0.3) is 0 Å². The van der Waals surface area contributed by atoms with Crippen molar-refractivity contribution in [2.45, 2.75) is 19.0 Å². The number of hydrogen-bond acceptors (Lipinski definition) is 6. The van der Waals surface area contributed by atoms with Crippen molar-refractivity contribution in [2.75, 3.05) is 13.1 Å². The fourth-order valence-corrected chi connectivity index (χ4v) is 4.17. The molecule has 0 unspecified atom stereocenters. The minimum absolute atomic E-state index is 0.223. The Hall–Kier alpha value is -1.69. The molecule has 0 aromatic carbocycles. The van der Waals surface area contributed by atoms with E-state index in [1.807, 2.05) is 5.38 Å². The zero-order valence-corrected chi connectivity index (χ0v) is 13.1. The third kappa shape index (κ3) is 2.56. The Morgan fingerprint density at radius 1 is 1.59 bits per heavy atom. The van der Waals surface area contributed by atoms with Crippen molar-refractivity contribution in [3.63, 3.8) is 0 Å². The summed E-state index contributed by atoms with van der Waals surface area (Å²) in [5, 5.41) is 5.14. The number of thiophene rings is 1. The first-order chi connectivity index (χ1) is 10.3. The predicted octanol–water partition coefficient (Wildman–Crippen LogP) is 0.452. The number of fused-ring (bicyclic) bond motifs is 4. The summed E-state index contributed by atoms with van der Waals surface area (Å²) in [4.78, 5) is 25.7. The van der Waals surface area contributed by atoms with Crippen LogP contribution in [-0.4, -0.2) is 48.0 Å². The Kier molecular flexibility index (Phi) is 3.59. The van der Waals surface area contributed by atoms with E-state index in [2.05, 4.69) is 9.60 Å². The molecule has 3 amide bonds. The second-order valence-electron chi connectivity index (χ2n) is 4.97. The zero-order chi connectivity index (χ0) is 16.1. The average Bonchev–Trinajstić information content (AvgIpc) is 2.97. The smallest absolute Gasteiger partial charge is 0.354 e. The van der Waals surface area contributed by atoms with Gasteiger partial charge in [-0.15, -0.1) is 15.6 Å². The first-order valence-electron chi connectivity index (χ1n) is 6.36. The van der Waals surface area contributed by atoms with Crippen molar-refractivity contribution in [2.24, 2.45) is 0 Å². The number of hydroxylamine groups is 2. The summed E-state index contributed by atoms with van der Waals surface area (Å²) < 4.78 is 35.1. The lowest BCUT2D eigenvalue weighted by Crippen LogP contribution is -2.40. The summed E-state index contributed by atoms with van der Waals surface area (Å²) in [5.41, 5.74) is 0.756. The lowest BCUT2D eigenvalue weighted by Gasteiger charge is -2.30. The van der Waals surface area contributed by atoms with Gasteiger partial charge >= 0.3 is 16.4 Å². The van der Waals surface area contributed by atoms with Crippen LogP contribution in [-0.2, 0) is 19.5 Å². The molecule has 0 saturated carbocycles. The van der Waals surface area contributed by atoms with Gasteiger partial charge < -0.3 is 10.2 Å². The maximum absolute atomic E-state index is 12.3. The molecule has 0 spiro atoms. The fraction of sp³-hybridized carbons (Fsp3) is 0.455. The number of hydrogen-bond donors (Lipinski definition) is 2. The maximum Gasteiger partial charge on any atom is 0.418 e. The molecule has 120 valence electrons. The van der Waals surface area contributed by atoms with Gasteiger partial charge in [0.1, 0.15) is 6.04 Å². The lowest BCUT2D eigenvalue weighted by molar-refractivity contribution is -0.119. The van der Waals surface area contributed by atoms with Crippen LogP contribution in [0.5, 0.6) is 0 Å². The predicted molar refractivity (Wildman–Crippen MR) is 75.1 cm³/mol. The van der Waals surface area contributed by atoms with Crippen molar-refractivity contribution in [3.8, 4) is 0 Å². The average molecular weight is 347 g/mol. The molecule has 9 nitrogen and oxygen atoms in total. The number of nitrogens with zero attached hydrogens (tertiary/aromatic N) is 2. The van der Waals surface area contributed by atoms with Crippen molar-refractivity contribution < 1.29 is 26.8 Å². The monoisotopic (exact) mass is 347 g/mol. The Labute approximate surface area is 130 Å². The van der Waals surface area contributed by atoms with E-state index in [1.165, 1.54) is 23.2 Å². The Morgan fingerprint density at radius 3 is 2.95 bits per heavy atom. The van der Waals surface area contributed by atoms with Gasteiger partial charge in [-0.1, -0.05) is 0 Å². The molecule has 1 fully saturated rings. The number of urea groups is 1. The summed E-state index contributed by atoms with van der Waals surface area (Å²) in [6.45, 7) is 1.82. The van der Waals surface area contributed by atoms with E-state index in [0.717, 1.165) is 10.4 Å². The molecule has 1 aromatic heterocycles. The van der Waals surface area contributed by atoms with Crippen LogP contribution in [0, 0.1) is 0 Å². The second-order valence-corrected chi connectivity index (χ2v) is 6.92. The summed E-state index contributed by atoms with van der Waals surface area (Å²) in [7, 11) is -4.80. The molecule has 3 rings (SSSR count). The molecule has 11 heteroatoms. The van der Waals surface area contributed by atoms with Crippen LogP contribution in [0.4, 0.5) is 4.79 Å². The van der Waals surface area contributed by atoms with E-state index in [1.54, 1.807) is 6.07 Å². The van der Waals surface area contributed by atoms with Gasteiger partial charge in [-0.2, -0.15) is 13.5 Å². The largest absolute Gasteiger partial charge is 0.418 e. The summed E-state index contributed by atoms with van der Waals surface area (Å²) in [6, 6.07) is 0.116. The van der Waals surface area contributed by atoms with Crippen molar-refractivity contribution >= 4 is 33.7 Å². The van der Waals surface area contributed by atoms with Crippen LogP contribution in [0.2, 0.25) is 0 Å². The molecular weight excluding hydrogens is 334 g/mol. The Balaban J connectivity index is 1.94. The second kappa shape index (κ2) is 5.19. The molecule has 2 aliphatic rings. The van der Waals surface area contributed by atoms with Crippen LogP contribution in [0.15, 0.2) is 11.4 Å². The van der Waals surface area contributed by atoms with Crippen molar-refractivity contribution in [3.05, 3.63) is 21.9 Å². The van der Waals surface area contributed by atoms with E-state index in [-0.39, 0.29) is 19.0 Å². The molecule has 3 heterocycles. The molecule has 1 aromatic rings. The number of amides is 3. The number of carbonyl (C=O) groups is 2. The van der Waals surface area contributed by atoms with Gasteiger partial charge in [0.15, 0.2) is 0 Å². The molecule has 1 saturated heterocycles. The van der Waals surface area contributed by atoms with Gasteiger partial charge in [-0.05, 0) is 17.0 Å². The molecular formula is C11H13N3O6S2. The highest BCUT2D eigenvalue weighted by atomic mass is 32.3. The van der Waals surface area contributed by atoms with Gasteiger partial charge in [0.05, 0.1) is 12.6 Å². The molecule has 2 bridgehead atoms. The van der Waals surface area contributed by atoms with Gasteiger partial charge in [-0.25, -0.2) is 4.79 Å². The molecule has 2 atom stereocenters. The van der Waals surface area contributed by atoms with Crippen LogP contribution in [0.1, 0.15) is 29.4 Å². The minimum atomic E-state index is -4.80. The maximum atomic E-state index is 12.3. The zero-order valence-electron chi connectivity index (χ0n) is 11.4. The van der Waals surface area contributed by atoms with Crippen LogP contribution in [0.3, 0.4) is 0 Å². The van der Waals surface area contributed by atoms with E-state index in [9.17, 15) is 18.0 Å². The van der Waals surface area contributed by atoms with Gasteiger partial charge in [0, 0.05) is 18.3 Å². The SMILES string of the molecule is CC(=O)NC[C@@H]1c2sccc2[C@H]2CN1C(=O)N2OS(=O)(=O)O. The summed E-state index contributed by atoms with van der Waals surface area (Å²) >= 11 is 1.42. The van der Waals surface area contributed by atoms with Crippen molar-refractivity contribution in [1.82, 2.24) is 15.3 Å². The van der Waals surface area contributed by atoms with E-state index >= 15 is 0 Å². The topological polar surface area (TPSA) is 116 Å². The van der Waals surface area contributed by atoms with Crippen LogP contribution < -0.4 is 5.32 Å². The molecule has 22 heavy (non-hydrogen) atoms. The molecule has 2 aliphatic heterocycles. The summed E-state index contributed by atoms with van der Waals surface area (Å²) in [5.74, 6) is -0.224. The number of nitrogens with one attached hydrogen (secondary N) is 1. The van der Waals surface area contributed by atoms with E-state index in [0.29, 0.717) is 5.06 Å². The highest BCUT2D eigenvalue weighted by molar-refractivity contribution is 7.80. The first-order valence-corrected chi connectivity index (χ1v) is 8.61. The minimum Gasteiger partial charge on any atom is -0.354 e. The molecule has 0 aliphatic carbocycles. The van der Waals surface area contributed by atoms with E-state index in [4.69, 9.17) is 4.55 Å². The lowest BCUT2D eigenvalue weighted by atomic mass is 9.99. The number of carbonyl (C=O) groups excluding carboxylic acids is 2. The fourth-order valence-electron chi connectivity index (χ4n) is 2.73. The molecule has 0 radical (unpaired) electrons. The third-order valence-electron chi connectivity index (χ3n) is 3.57. The normalized spacial score (nSPS) is 23.6. The third-order valence-corrected chi connectivity index (χ3v) is 4.95. The quantitative estimate of drug-likeness (QED) is 0.764. The summed E-state index contributed by atoms with van der Waals surface area (Å²) in [6.07, 6.45) is 0. The highest BCUT2D eigenvalue weighted by Crippen LogP contribution is 2.46. The van der Waals surface area contributed by atoms with Crippen LogP contribution in [0.25, 0.3) is 0 Å².